The summed E-state index contributed by atoms with van der Waals surface area (Å²) in [5.74, 6) is -0.202. The zero-order valence-corrected chi connectivity index (χ0v) is 11.1. The van der Waals surface area contributed by atoms with Gasteiger partial charge in [0, 0.05) is 26.4 Å². The zero-order chi connectivity index (χ0) is 13.8. The van der Waals surface area contributed by atoms with Gasteiger partial charge in [0.2, 0.25) is 0 Å². The Morgan fingerprint density at radius 2 is 2.47 bits per heavy atom. The van der Waals surface area contributed by atoms with Gasteiger partial charge in [-0.1, -0.05) is 6.92 Å². The molecule has 0 spiro atoms. The van der Waals surface area contributed by atoms with Crippen molar-refractivity contribution in [1.29, 1.82) is 5.26 Å². The van der Waals surface area contributed by atoms with Gasteiger partial charge in [-0.2, -0.15) is 5.26 Å². The van der Waals surface area contributed by atoms with E-state index in [1.807, 2.05) is 6.07 Å². The second-order valence-corrected chi connectivity index (χ2v) is 4.62. The number of carbonyl (C=O) groups excluding carboxylic acids is 1. The van der Waals surface area contributed by atoms with Crippen LogP contribution in [0.1, 0.15) is 23.0 Å². The van der Waals surface area contributed by atoms with E-state index in [2.05, 4.69) is 22.1 Å². The molecular formula is C13H18N4O2. The van der Waals surface area contributed by atoms with Crippen LogP contribution in [0.3, 0.4) is 0 Å². The summed E-state index contributed by atoms with van der Waals surface area (Å²) >= 11 is 0. The van der Waals surface area contributed by atoms with E-state index < -0.39 is 0 Å². The summed E-state index contributed by atoms with van der Waals surface area (Å²) in [5, 5.41) is 11.7. The van der Waals surface area contributed by atoms with Gasteiger partial charge in [-0.3, -0.25) is 9.69 Å². The minimum Gasteiger partial charge on any atom is -0.378 e. The van der Waals surface area contributed by atoms with Gasteiger partial charge < -0.3 is 15.0 Å². The molecule has 2 atom stereocenters. The van der Waals surface area contributed by atoms with Crippen molar-refractivity contribution >= 4 is 5.91 Å². The molecule has 1 aliphatic rings. The molecule has 1 amide bonds. The second kappa shape index (κ2) is 5.87. The normalized spacial score (nSPS) is 23.2. The monoisotopic (exact) mass is 262 g/mol. The summed E-state index contributed by atoms with van der Waals surface area (Å²) in [5.41, 5.74) is 0.858. The van der Waals surface area contributed by atoms with E-state index >= 15 is 0 Å². The topological polar surface area (TPSA) is 81.2 Å². The van der Waals surface area contributed by atoms with Gasteiger partial charge in [-0.05, 0) is 12.6 Å². The molecule has 0 saturated carbocycles. The molecule has 0 unspecified atom stereocenters. The van der Waals surface area contributed by atoms with Crippen LogP contribution >= 0.6 is 0 Å². The number of nitriles is 1. The Balaban J connectivity index is 2.00. The molecule has 6 nitrogen and oxygen atoms in total. The lowest BCUT2D eigenvalue weighted by atomic mass is 10.2. The molecular weight excluding hydrogens is 244 g/mol. The van der Waals surface area contributed by atoms with E-state index in [1.165, 1.54) is 6.20 Å². The summed E-state index contributed by atoms with van der Waals surface area (Å²) in [6, 6.07) is 3.51. The molecule has 1 fully saturated rings. The number of hydrogen-bond acceptors (Lipinski definition) is 4. The molecule has 2 N–H and O–H groups in total. The highest BCUT2D eigenvalue weighted by Gasteiger charge is 2.33. The van der Waals surface area contributed by atoms with E-state index in [0.717, 1.165) is 19.6 Å². The fraction of sp³-hybridized carbons (Fsp3) is 0.538. The standard InChI is InChI=1S/C13H18N4O2/c1-3-17-7-11(12(8-17)19-2)16-13(18)10-4-9(5-14)6-15-10/h4,6,11-12,15H,3,7-8H2,1-2H3,(H,16,18)/t11-,12-/m0/s1. The third kappa shape index (κ3) is 2.95. The van der Waals surface area contributed by atoms with E-state index in [9.17, 15) is 4.79 Å². The molecule has 0 aromatic carbocycles. The Hall–Kier alpha value is -1.84. The van der Waals surface area contributed by atoms with Gasteiger partial charge in [-0.15, -0.1) is 0 Å². The first-order valence-electron chi connectivity index (χ1n) is 6.32. The number of likely N-dealkylation sites (N-methyl/N-ethyl adjacent to an activating group) is 1. The number of nitrogens with one attached hydrogen (secondary N) is 2. The molecule has 1 aromatic rings. The van der Waals surface area contributed by atoms with E-state index in [1.54, 1.807) is 13.2 Å². The predicted octanol–water partition coefficient (Wildman–Crippen LogP) is 0.335. The molecule has 0 bridgehead atoms. The summed E-state index contributed by atoms with van der Waals surface area (Å²) in [7, 11) is 1.66. The SMILES string of the molecule is CCN1C[C@H](NC(=O)c2cc(C#N)c[nH]2)[C@@H](OC)C1. The quantitative estimate of drug-likeness (QED) is 0.819. The van der Waals surface area contributed by atoms with Gasteiger partial charge in [-0.25, -0.2) is 0 Å². The van der Waals surface area contributed by atoms with Crippen LogP contribution in [0.15, 0.2) is 12.3 Å². The fourth-order valence-electron chi connectivity index (χ4n) is 2.32. The zero-order valence-electron chi connectivity index (χ0n) is 11.1. The van der Waals surface area contributed by atoms with Gasteiger partial charge in [0.25, 0.3) is 5.91 Å². The van der Waals surface area contributed by atoms with Crippen molar-refractivity contribution in [1.82, 2.24) is 15.2 Å². The third-order valence-corrected chi connectivity index (χ3v) is 3.47. The average Bonchev–Trinajstić information content (AvgIpc) is 3.04. The molecule has 19 heavy (non-hydrogen) atoms. The number of likely N-dealkylation sites (tertiary alicyclic amines) is 1. The highest BCUT2D eigenvalue weighted by molar-refractivity contribution is 5.93. The fourth-order valence-corrected chi connectivity index (χ4v) is 2.32. The van der Waals surface area contributed by atoms with E-state index in [0.29, 0.717) is 11.3 Å². The number of nitrogens with zero attached hydrogens (tertiary/aromatic N) is 2. The molecule has 102 valence electrons. The maximum Gasteiger partial charge on any atom is 0.268 e. The largest absolute Gasteiger partial charge is 0.378 e. The summed E-state index contributed by atoms with van der Waals surface area (Å²) in [4.78, 5) is 17.1. The van der Waals surface area contributed by atoms with Crippen LogP contribution in [0.5, 0.6) is 0 Å². The Labute approximate surface area is 112 Å². The number of H-pyrrole nitrogens is 1. The summed E-state index contributed by atoms with van der Waals surface area (Å²) < 4.78 is 5.40. The molecule has 0 aliphatic carbocycles. The Morgan fingerprint density at radius 3 is 3.05 bits per heavy atom. The number of aromatic nitrogens is 1. The lowest BCUT2D eigenvalue weighted by molar-refractivity contribution is 0.0759. The van der Waals surface area contributed by atoms with Crippen molar-refractivity contribution < 1.29 is 9.53 Å². The molecule has 0 radical (unpaired) electrons. The predicted molar refractivity (Wildman–Crippen MR) is 69.7 cm³/mol. The lowest BCUT2D eigenvalue weighted by Gasteiger charge is -2.17. The lowest BCUT2D eigenvalue weighted by Crippen LogP contribution is -2.43. The number of ether oxygens (including phenoxy) is 1. The molecule has 6 heteroatoms. The van der Waals surface area contributed by atoms with Gasteiger partial charge in [0.15, 0.2) is 0 Å². The third-order valence-electron chi connectivity index (χ3n) is 3.47. The number of methoxy groups -OCH3 is 1. The van der Waals surface area contributed by atoms with E-state index in [-0.39, 0.29) is 18.1 Å². The molecule has 2 heterocycles. The Bertz CT molecular complexity index is 491. The molecule has 1 saturated heterocycles. The Kier molecular flexibility index (Phi) is 4.20. The van der Waals surface area contributed by atoms with Crippen molar-refractivity contribution in [2.24, 2.45) is 0 Å². The van der Waals surface area contributed by atoms with Gasteiger partial charge in [0.05, 0.1) is 17.7 Å². The summed E-state index contributed by atoms with van der Waals surface area (Å²) in [6.07, 6.45) is 1.53. The summed E-state index contributed by atoms with van der Waals surface area (Å²) in [6.45, 7) is 4.63. The van der Waals surface area contributed by atoms with Crippen molar-refractivity contribution in [3.63, 3.8) is 0 Å². The number of aromatic amines is 1. The van der Waals surface area contributed by atoms with Crippen LogP contribution in [0, 0.1) is 11.3 Å². The van der Waals surface area contributed by atoms with Gasteiger partial charge >= 0.3 is 0 Å². The van der Waals surface area contributed by atoms with Crippen LogP contribution in [0.4, 0.5) is 0 Å². The first kappa shape index (κ1) is 13.6. The molecule has 2 rings (SSSR count). The smallest absolute Gasteiger partial charge is 0.268 e. The van der Waals surface area contributed by atoms with Crippen LogP contribution in [0.25, 0.3) is 0 Å². The van der Waals surface area contributed by atoms with Crippen LogP contribution in [0.2, 0.25) is 0 Å². The number of rotatable bonds is 4. The Morgan fingerprint density at radius 1 is 1.68 bits per heavy atom. The first-order chi connectivity index (χ1) is 9.17. The van der Waals surface area contributed by atoms with Crippen LogP contribution in [-0.4, -0.2) is 54.7 Å². The second-order valence-electron chi connectivity index (χ2n) is 4.62. The van der Waals surface area contributed by atoms with Crippen molar-refractivity contribution in [2.75, 3.05) is 26.7 Å². The highest BCUT2D eigenvalue weighted by Crippen LogP contribution is 2.13. The maximum absolute atomic E-state index is 12.1. The minimum absolute atomic E-state index is 0.00861. The average molecular weight is 262 g/mol. The van der Waals surface area contributed by atoms with Crippen LogP contribution < -0.4 is 5.32 Å². The maximum atomic E-state index is 12.1. The van der Waals surface area contributed by atoms with Crippen molar-refractivity contribution in [3.05, 3.63) is 23.5 Å². The van der Waals surface area contributed by atoms with Crippen LogP contribution in [-0.2, 0) is 4.74 Å². The molecule has 1 aromatic heterocycles. The molecule has 1 aliphatic heterocycles. The highest BCUT2D eigenvalue weighted by atomic mass is 16.5. The van der Waals surface area contributed by atoms with E-state index in [4.69, 9.17) is 10.00 Å². The first-order valence-corrected chi connectivity index (χ1v) is 6.32. The van der Waals surface area contributed by atoms with Crippen molar-refractivity contribution in [3.8, 4) is 6.07 Å². The number of hydrogen-bond donors (Lipinski definition) is 2. The van der Waals surface area contributed by atoms with Crippen molar-refractivity contribution in [2.45, 2.75) is 19.1 Å². The number of amides is 1. The minimum atomic E-state index is -0.202. The number of carbonyl (C=O) groups is 1. The van der Waals surface area contributed by atoms with Gasteiger partial charge in [0.1, 0.15) is 11.8 Å².